The molecule has 0 saturated carbocycles. The predicted octanol–water partition coefficient (Wildman–Crippen LogP) is 1.17. The van der Waals surface area contributed by atoms with Crippen LogP contribution in [0.3, 0.4) is 0 Å². The highest BCUT2D eigenvalue weighted by Crippen LogP contribution is 2.08. The summed E-state index contributed by atoms with van der Waals surface area (Å²) in [5.41, 5.74) is 0.833. The first-order chi connectivity index (χ1) is 7.67. The zero-order valence-corrected chi connectivity index (χ0v) is 9.93. The highest BCUT2D eigenvalue weighted by Gasteiger charge is 2.11. The van der Waals surface area contributed by atoms with Crippen LogP contribution in [0.4, 0.5) is 5.82 Å². The Balaban J connectivity index is 2.70. The van der Waals surface area contributed by atoms with E-state index >= 15 is 0 Å². The summed E-state index contributed by atoms with van der Waals surface area (Å²) in [5, 5.41) is 0. The van der Waals surface area contributed by atoms with Gasteiger partial charge in [0.1, 0.15) is 12.4 Å². The molecule has 5 nitrogen and oxygen atoms in total. The minimum atomic E-state index is -0.243. The highest BCUT2D eigenvalue weighted by molar-refractivity contribution is 5.75. The molecule has 1 aromatic heterocycles. The molecule has 5 heteroatoms. The highest BCUT2D eigenvalue weighted by atomic mass is 16.5. The molecule has 0 atom stereocenters. The normalized spacial score (nSPS) is 9.94. The number of nitrogens with zero attached hydrogens (tertiary/aromatic N) is 3. The molecule has 0 aromatic carbocycles. The number of carbonyl (C=O) groups excluding carboxylic acids is 1. The minimum Gasteiger partial charge on any atom is -0.465 e. The van der Waals surface area contributed by atoms with Crippen molar-refractivity contribution < 1.29 is 9.53 Å². The van der Waals surface area contributed by atoms with Crippen LogP contribution in [0.15, 0.2) is 12.4 Å². The van der Waals surface area contributed by atoms with E-state index in [2.05, 4.69) is 9.97 Å². The maximum absolute atomic E-state index is 11.4. The Kier molecular flexibility index (Phi) is 4.69. The van der Waals surface area contributed by atoms with Crippen molar-refractivity contribution in [2.24, 2.45) is 0 Å². The molecular formula is C11H17N3O2. The largest absolute Gasteiger partial charge is 0.465 e. The standard InChI is InChI=1S/C11H17N3O2/c1-4-14(8-11(15)16-5-2)10-7-12-6-9(3)13-10/h6-7H,4-5,8H2,1-3H3. The second-order valence-corrected chi connectivity index (χ2v) is 3.34. The number of ether oxygens (including phenoxy) is 1. The summed E-state index contributed by atoms with van der Waals surface area (Å²) in [6.07, 6.45) is 3.33. The van der Waals surface area contributed by atoms with Gasteiger partial charge < -0.3 is 9.64 Å². The molecule has 0 saturated heterocycles. The molecule has 0 bridgehead atoms. The van der Waals surface area contributed by atoms with Gasteiger partial charge in [0.05, 0.1) is 18.5 Å². The molecule has 16 heavy (non-hydrogen) atoms. The summed E-state index contributed by atoms with van der Waals surface area (Å²) in [7, 11) is 0. The number of esters is 1. The van der Waals surface area contributed by atoms with Gasteiger partial charge >= 0.3 is 5.97 Å². The fourth-order valence-electron chi connectivity index (χ4n) is 1.32. The Morgan fingerprint density at radius 2 is 2.19 bits per heavy atom. The number of hydrogen-bond donors (Lipinski definition) is 0. The third-order valence-electron chi connectivity index (χ3n) is 2.07. The van der Waals surface area contributed by atoms with Crippen molar-refractivity contribution in [1.29, 1.82) is 0 Å². The number of hydrogen-bond acceptors (Lipinski definition) is 5. The maximum Gasteiger partial charge on any atom is 0.325 e. The summed E-state index contributed by atoms with van der Waals surface area (Å²) in [6.45, 7) is 6.92. The predicted molar refractivity (Wildman–Crippen MR) is 61.3 cm³/mol. The molecule has 1 aromatic rings. The molecule has 0 aliphatic carbocycles. The number of aryl methyl sites for hydroxylation is 1. The van der Waals surface area contributed by atoms with Gasteiger partial charge in [-0.15, -0.1) is 0 Å². The average molecular weight is 223 g/mol. The molecule has 0 aliphatic heterocycles. The Labute approximate surface area is 95.5 Å². The average Bonchev–Trinajstić information content (AvgIpc) is 2.26. The van der Waals surface area contributed by atoms with Crippen LogP contribution in [0.2, 0.25) is 0 Å². The van der Waals surface area contributed by atoms with Crippen LogP contribution in [0.5, 0.6) is 0 Å². The second-order valence-electron chi connectivity index (χ2n) is 3.34. The summed E-state index contributed by atoms with van der Waals surface area (Å²) >= 11 is 0. The van der Waals surface area contributed by atoms with E-state index in [0.29, 0.717) is 19.0 Å². The van der Waals surface area contributed by atoms with Crippen LogP contribution < -0.4 is 4.90 Å². The number of likely N-dealkylation sites (N-methyl/N-ethyl adjacent to an activating group) is 1. The summed E-state index contributed by atoms with van der Waals surface area (Å²) in [6, 6.07) is 0. The van der Waals surface area contributed by atoms with Crippen molar-refractivity contribution in [2.75, 3.05) is 24.6 Å². The SMILES string of the molecule is CCOC(=O)CN(CC)c1cncc(C)n1. The molecule has 1 rings (SSSR count). The number of anilines is 1. The van der Waals surface area contributed by atoms with Crippen LogP contribution >= 0.6 is 0 Å². The van der Waals surface area contributed by atoms with Crippen molar-refractivity contribution in [2.45, 2.75) is 20.8 Å². The number of rotatable bonds is 5. The maximum atomic E-state index is 11.4. The number of carbonyl (C=O) groups is 1. The molecule has 0 fully saturated rings. The van der Waals surface area contributed by atoms with Crippen LogP contribution in [0.25, 0.3) is 0 Å². The van der Waals surface area contributed by atoms with E-state index in [4.69, 9.17) is 4.74 Å². The third-order valence-corrected chi connectivity index (χ3v) is 2.07. The zero-order chi connectivity index (χ0) is 12.0. The fraction of sp³-hybridized carbons (Fsp3) is 0.545. The minimum absolute atomic E-state index is 0.211. The van der Waals surface area contributed by atoms with E-state index in [1.54, 1.807) is 19.3 Å². The van der Waals surface area contributed by atoms with Gasteiger partial charge in [0.2, 0.25) is 0 Å². The van der Waals surface area contributed by atoms with E-state index in [9.17, 15) is 4.79 Å². The first kappa shape index (κ1) is 12.4. The Morgan fingerprint density at radius 1 is 1.44 bits per heavy atom. The fourth-order valence-corrected chi connectivity index (χ4v) is 1.32. The Bertz CT molecular complexity index is 355. The monoisotopic (exact) mass is 223 g/mol. The van der Waals surface area contributed by atoms with Crippen LogP contribution in [-0.2, 0) is 9.53 Å². The van der Waals surface area contributed by atoms with E-state index < -0.39 is 0 Å². The van der Waals surface area contributed by atoms with Gasteiger partial charge in [-0.05, 0) is 20.8 Å². The first-order valence-corrected chi connectivity index (χ1v) is 5.36. The zero-order valence-electron chi connectivity index (χ0n) is 9.93. The molecule has 1 heterocycles. The summed E-state index contributed by atoms with van der Waals surface area (Å²) in [5.74, 6) is 0.461. The van der Waals surface area contributed by atoms with Gasteiger partial charge in [-0.3, -0.25) is 9.78 Å². The van der Waals surface area contributed by atoms with Crippen molar-refractivity contribution in [1.82, 2.24) is 9.97 Å². The molecule has 88 valence electrons. The van der Waals surface area contributed by atoms with Gasteiger partial charge in [-0.1, -0.05) is 0 Å². The van der Waals surface area contributed by atoms with E-state index in [0.717, 1.165) is 5.69 Å². The summed E-state index contributed by atoms with van der Waals surface area (Å²) in [4.78, 5) is 21.6. The first-order valence-electron chi connectivity index (χ1n) is 5.36. The van der Waals surface area contributed by atoms with Gasteiger partial charge in [-0.25, -0.2) is 4.98 Å². The molecule has 0 N–H and O–H groups in total. The van der Waals surface area contributed by atoms with Gasteiger partial charge in [0, 0.05) is 12.7 Å². The third kappa shape index (κ3) is 3.49. The van der Waals surface area contributed by atoms with Gasteiger partial charge in [0.25, 0.3) is 0 Å². The van der Waals surface area contributed by atoms with Crippen molar-refractivity contribution >= 4 is 11.8 Å². The van der Waals surface area contributed by atoms with Crippen LogP contribution in [-0.4, -0.2) is 35.6 Å². The topological polar surface area (TPSA) is 55.3 Å². The molecule has 0 aliphatic rings. The van der Waals surface area contributed by atoms with Crippen LogP contribution in [0.1, 0.15) is 19.5 Å². The lowest BCUT2D eigenvalue weighted by molar-refractivity contribution is -0.141. The summed E-state index contributed by atoms with van der Waals surface area (Å²) < 4.78 is 4.90. The quantitative estimate of drug-likeness (QED) is 0.701. The van der Waals surface area contributed by atoms with Gasteiger partial charge in [-0.2, -0.15) is 0 Å². The second kappa shape index (κ2) is 6.05. The van der Waals surface area contributed by atoms with Crippen molar-refractivity contribution in [3.8, 4) is 0 Å². The molecule has 0 unspecified atom stereocenters. The Hall–Kier alpha value is -1.65. The smallest absolute Gasteiger partial charge is 0.325 e. The van der Waals surface area contributed by atoms with E-state index in [-0.39, 0.29) is 12.5 Å². The van der Waals surface area contributed by atoms with E-state index in [1.807, 2.05) is 18.7 Å². The molecule has 0 amide bonds. The lowest BCUT2D eigenvalue weighted by atomic mass is 10.4. The lowest BCUT2D eigenvalue weighted by Crippen LogP contribution is -2.31. The van der Waals surface area contributed by atoms with Gasteiger partial charge in [0.15, 0.2) is 0 Å². The number of aromatic nitrogens is 2. The molecule has 0 radical (unpaired) electrons. The van der Waals surface area contributed by atoms with E-state index in [1.165, 1.54) is 0 Å². The van der Waals surface area contributed by atoms with Crippen LogP contribution in [0, 0.1) is 6.92 Å². The van der Waals surface area contributed by atoms with Crippen molar-refractivity contribution in [3.05, 3.63) is 18.1 Å². The lowest BCUT2D eigenvalue weighted by Gasteiger charge is -2.20. The Morgan fingerprint density at radius 3 is 2.75 bits per heavy atom. The molecular weight excluding hydrogens is 206 g/mol. The molecule has 0 spiro atoms. The van der Waals surface area contributed by atoms with Crippen molar-refractivity contribution in [3.63, 3.8) is 0 Å².